The maximum atomic E-state index is 12.6. The second-order valence-corrected chi connectivity index (χ2v) is 9.37. The molecule has 0 bridgehead atoms. The first-order valence-corrected chi connectivity index (χ1v) is 11.6. The highest BCUT2D eigenvalue weighted by Gasteiger charge is 2.36. The van der Waals surface area contributed by atoms with Gasteiger partial charge < -0.3 is 25.4 Å². The number of carbonyl (C=O) groups excluding carboxylic acids is 1. The number of aromatic nitrogens is 2. The number of benzene rings is 1. The van der Waals surface area contributed by atoms with Crippen molar-refractivity contribution >= 4 is 11.7 Å². The van der Waals surface area contributed by atoms with Crippen LogP contribution in [0.2, 0.25) is 0 Å². The van der Waals surface area contributed by atoms with Crippen molar-refractivity contribution in [3.05, 3.63) is 23.3 Å². The Kier molecular flexibility index (Phi) is 5.49. The van der Waals surface area contributed by atoms with Gasteiger partial charge in [-0.05, 0) is 76.2 Å². The zero-order valence-corrected chi connectivity index (χ0v) is 19.2. The van der Waals surface area contributed by atoms with E-state index >= 15 is 0 Å². The minimum absolute atomic E-state index is 0.265. The van der Waals surface area contributed by atoms with E-state index in [1.54, 1.807) is 14.2 Å². The molecule has 1 aromatic carbocycles. The lowest BCUT2D eigenvalue weighted by Crippen LogP contribution is -2.37. The summed E-state index contributed by atoms with van der Waals surface area (Å²) in [7, 11) is 5.53. The summed E-state index contributed by atoms with van der Waals surface area (Å²) in [5.74, 6) is 2.84. The van der Waals surface area contributed by atoms with E-state index in [9.17, 15) is 4.79 Å². The Balaban J connectivity index is 1.60. The molecule has 0 radical (unpaired) electrons. The van der Waals surface area contributed by atoms with Crippen molar-refractivity contribution in [1.29, 1.82) is 0 Å². The SMILES string of the molecule is COc1cc(-c2nn3c(c2C(N)=O)NCCC3C2CCN(C)CC2)cc(OC)c1C1CC1. The van der Waals surface area contributed by atoms with E-state index in [2.05, 4.69) is 17.3 Å². The summed E-state index contributed by atoms with van der Waals surface area (Å²) >= 11 is 0. The topological polar surface area (TPSA) is 94.6 Å². The van der Waals surface area contributed by atoms with E-state index in [0.29, 0.717) is 23.1 Å². The predicted molar refractivity (Wildman–Crippen MR) is 124 cm³/mol. The van der Waals surface area contributed by atoms with Crippen LogP contribution in [-0.4, -0.2) is 61.5 Å². The van der Waals surface area contributed by atoms with Gasteiger partial charge in [0.25, 0.3) is 5.91 Å². The van der Waals surface area contributed by atoms with Crippen LogP contribution >= 0.6 is 0 Å². The van der Waals surface area contributed by atoms with Crippen molar-refractivity contribution in [2.45, 2.75) is 44.1 Å². The number of piperidine rings is 1. The molecule has 0 spiro atoms. The van der Waals surface area contributed by atoms with Gasteiger partial charge in [-0.3, -0.25) is 4.79 Å². The van der Waals surface area contributed by atoms with Gasteiger partial charge in [0, 0.05) is 17.7 Å². The number of fused-ring (bicyclic) bond motifs is 1. The van der Waals surface area contributed by atoms with Crippen molar-refractivity contribution in [1.82, 2.24) is 14.7 Å². The lowest BCUT2D eigenvalue weighted by Gasteiger charge is -2.37. The van der Waals surface area contributed by atoms with Crippen LogP contribution in [0.5, 0.6) is 11.5 Å². The summed E-state index contributed by atoms with van der Waals surface area (Å²) in [6.45, 7) is 3.01. The highest BCUT2D eigenvalue weighted by atomic mass is 16.5. The Hall–Kier alpha value is -2.74. The maximum absolute atomic E-state index is 12.6. The smallest absolute Gasteiger partial charge is 0.254 e. The molecule has 3 heterocycles. The van der Waals surface area contributed by atoms with E-state index in [0.717, 1.165) is 80.2 Å². The number of primary amides is 1. The fourth-order valence-corrected chi connectivity index (χ4v) is 5.44. The van der Waals surface area contributed by atoms with Crippen molar-refractivity contribution < 1.29 is 14.3 Å². The summed E-state index contributed by atoms with van der Waals surface area (Å²) in [6.07, 6.45) is 5.55. The van der Waals surface area contributed by atoms with Gasteiger partial charge >= 0.3 is 0 Å². The molecule has 1 atom stereocenters. The normalized spacial score (nSPS) is 21.7. The molecular formula is C24H33N5O3. The van der Waals surface area contributed by atoms with E-state index in [1.165, 1.54) is 0 Å². The lowest BCUT2D eigenvalue weighted by molar-refractivity contribution is 0.100. The quantitative estimate of drug-likeness (QED) is 0.718. The highest BCUT2D eigenvalue weighted by molar-refractivity contribution is 6.04. The number of hydrogen-bond acceptors (Lipinski definition) is 6. The molecule has 1 unspecified atom stereocenters. The van der Waals surface area contributed by atoms with Crippen LogP contribution in [0, 0.1) is 5.92 Å². The Labute approximate surface area is 189 Å². The van der Waals surface area contributed by atoms with E-state index in [1.807, 2.05) is 16.8 Å². The number of ether oxygens (including phenoxy) is 2. The lowest BCUT2D eigenvalue weighted by atomic mass is 9.87. The number of anilines is 1. The van der Waals surface area contributed by atoms with Gasteiger partial charge in [-0.1, -0.05) is 0 Å². The van der Waals surface area contributed by atoms with E-state index in [4.69, 9.17) is 20.3 Å². The number of carbonyl (C=O) groups is 1. The Morgan fingerprint density at radius 3 is 2.31 bits per heavy atom. The number of likely N-dealkylation sites (tertiary alicyclic amines) is 1. The zero-order valence-electron chi connectivity index (χ0n) is 19.2. The average molecular weight is 440 g/mol. The molecule has 2 aliphatic heterocycles. The van der Waals surface area contributed by atoms with Gasteiger partial charge in [-0.25, -0.2) is 4.68 Å². The molecule has 172 valence electrons. The van der Waals surface area contributed by atoms with Gasteiger partial charge in [0.05, 0.1) is 20.3 Å². The summed E-state index contributed by atoms with van der Waals surface area (Å²) in [6, 6.07) is 4.21. The third-order valence-corrected chi connectivity index (χ3v) is 7.31. The largest absolute Gasteiger partial charge is 0.496 e. The number of amides is 1. The minimum Gasteiger partial charge on any atom is -0.496 e. The number of hydrogen-bond donors (Lipinski definition) is 2. The van der Waals surface area contributed by atoms with Crippen LogP contribution in [0.25, 0.3) is 11.3 Å². The number of nitrogens with one attached hydrogen (secondary N) is 1. The predicted octanol–water partition coefficient (Wildman–Crippen LogP) is 3.24. The zero-order chi connectivity index (χ0) is 22.4. The molecule has 2 aromatic rings. The molecule has 8 nitrogen and oxygen atoms in total. The molecule has 32 heavy (non-hydrogen) atoms. The van der Waals surface area contributed by atoms with Crippen LogP contribution in [0.1, 0.15) is 60.0 Å². The van der Waals surface area contributed by atoms with E-state index < -0.39 is 5.91 Å². The van der Waals surface area contributed by atoms with Gasteiger partial charge in [0.1, 0.15) is 28.6 Å². The van der Waals surface area contributed by atoms with Gasteiger partial charge in [0.2, 0.25) is 0 Å². The Morgan fingerprint density at radius 2 is 1.75 bits per heavy atom. The number of nitrogens with zero attached hydrogens (tertiary/aromatic N) is 3. The number of rotatable bonds is 6. The number of methoxy groups -OCH3 is 2. The summed E-state index contributed by atoms with van der Waals surface area (Å²) in [4.78, 5) is 15.0. The standard InChI is InChI=1S/C24H33N5O3/c1-28-10-7-14(8-11-28)17-6-9-26-24-21(23(25)30)22(27-29(17)24)16-12-18(31-2)20(15-4-5-15)19(13-16)32-3/h12-15,17,26H,4-11H2,1-3H3,(H2,25,30). The molecule has 1 amide bonds. The fraction of sp³-hybridized carbons (Fsp3) is 0.583. The van der Waals surface area contributed by atoms with Crippen LogP contribution in [0.4, 0.5) is 5.82 Å². The van der Waals surface area contributed by atoms with Crippen molar-refractivity contribution in [2.75, 3.05) is 46.2 Å². The molecule has 1 aliphatic carbocycles. The molecule has 8 heteroatoms. The second kappa shape index (κ2) is 8.31. The third kappa shape index (κ3) is 3.60. The molecule has 3 aliphatic rings. The first-order chi connectivity index (χ1) is 15.5. The second-order valence-electron chi connectivity index (χ2n) is 9.37. The van der Waals surface area contributed by atoms with Crippen molar-refractivity contribution in [3.8, 4) is 22.8 Å². The Bertz CT molecular complexity index is 996. The first kappa shape index (κ1) is 21.1. The van der Waals surface area contributed by atoms with Gasteiger partial charge in [-0.2, -0.15) is 5.10 Å². The van der Waals surface area contributed by atoms with Crippen LogP contribution in [-0.2, 0) is 0 Å². The summed E-state index contributed by atoms with van der Waals surface area (Å²) in [5.41, 5.74) is 8.83. The minimum atomic E-state index is -0.470. The molecule has 3 N–H and O–H groups in total. The van der Waals surface area contributed by atoms with Crippen LogP contribution in [0.3, 0.4) is 0 Å². The maximum Gasteiger partial charge on any atom is 0.254 e. The monoisotopic (exact) mass is 439 g/mol. The molecule has 2 fully saturated rings. The van der Waals surface area contributed by atoms with Crippen LogP contribution in [0.15, 0.2) is 12.1 Å². The molecular weight excluding hydrogens is 406 g/mol. The van der Waals surface area contributed by atoms with Gasteiger partial charge in [0.15, 0.2) is 0 Å². The van der Waals surface area contributed by atoms with Crippen LogP contribution < -0.4 is 20.5 Å². The van der Waals surface area contributed by atoms with E-state index in [-0.39, 0.29) is 6.04 Å². The number of nitrogens with two attached hydrogens (primary N) is 1. The first-order valence-electron chi connectivity index (χ1n) is 11.6. The average Bonchev–Trinajstić information content (AvgIpc) is 3.56. The molecule has 1 saturated carbocycles. The summed E-state index contributed by atoms with van der Waals surface area (Å²) < 4.78 is 13.5. The molecule has 1 saturated heterocycles. The van der Waals surface area contributed by atoms with Crippen molar-refractivity contribution in [3.63, 3.8) is 0 Å². The third-order valence-electron chi connectivity index (χ3n) is 7.31. The Morgan fingerprint density at radius 1 is 1.09 bits per heavy atom. The fourth-order valence-electron chi connectivity index (χ4n) is 5.44. The van der Waals surface area contributed by atoms with Gasteiger partial charge in [-0.15, -0.1) is 0 Å². The summed E-state index contributed by atoms with van der Waals surface area (Å²) in [5, 5.41) is 8.39. The van der Waals surface area contributed by atoms with Crippen molar-refractivity contribution in [2.24, 2.45) is 11.7 Å². The highest BCUT2D eigenvalue weighted by Crippen LogP contribution is 2.50. The molecule has 1 aromatic heterocycles. The molecule has 5 rings (SSSR count).